The maximum absolute atomic E-state index is 4.14. The summed E-state index contributed by atoms with van der Waals surface area (Å²) in [5.74, 6) is 0.927. The van der Waals surface area contributed by atoms with Crippen molar-refractivity contribution in [3.63, 3.8) is 0 Å². The molecule has 0 radical (unpaired) electrons. The maximum atomic E-state index is 4.14. The first-order chi connectivity index (χ1) is 7.66. The van der Waals surface area contributed by atoms with Crippen molar-refractivity contribution in [1.82, 2.24) is 29.9 Å². The molecule has 6 heteroatoms. The van der Waals surface area contributed by atoms with Crippen LogP contribution < -0.4 is 5.32 Å². The van der Waals surface area contributed by atoms with Crippen LogP contribution in [-0.4, -0.2) is 24.5 Å². The minimum atomic E-state index is 0.255. The molecule has 0 saturated heterocycles. The molecule has 0 fully saturated rings. The fraction of sp³-hybridized carbons (Fsp3) is 0.500. The Hall–Kier alpha value is -1.69. The smallest absolute Gasteiger partial charge is 0.146 e. The highest BCUT2D eigenvalue weighted by molar-refractivity contribution is 5.09. The predicted molar refractivity (Wildman–Crippen MR) is 59.5 cm³/mol. The van der Waals surface area contributed by atoms with Crippen LogP contribution in [0.3, 0.4) is 0 Å². The van der Waals surface area contributed by atoms with E-state index in [-0.39, 0.29) is 6.04 Å². The quantitative estimate of drug-likeness (QED) is 0.810. The van der Waals surface area contributed by atoms with Crippen molar-refractivity contribution in [2.24, 2.45) is 14.1 Å². The van der Waals surface area contributed by atoms with Gasteiger partial charge in [0.15, 0.2) is 0 Å². The van der Waals surface area contributed by atoms with Crippen LogP contribution in [0.2, 0.25) is 0 Å². The Labute approximate surface area is 94.3 Å². The molecule has 0 aliphatic rings. The molecule has 1 atom stereocenters. The summed E-state index contributed by atoms with van der Waals surface area (Å²) in [7, 11) is 3.85. The SMILES string of the molecule is CC(NCc1nncn1C)c1cnn(C)c1. The molecule has 6 nitrogen and oxygen atoms in total. The number of rotatable bonds is 4. The van der Waals surface area contributed by atoms with Gasteiger partial charge in [-0.05, 0) is 6.92 Å². The predicted octanol–water partition coefficient (Wildman–Crippen LogP) is 0.399. The molecule has 1 N–H and O–H groups in total. The van der Waals surface area contributed by atoms with Gasteiger partial charge in [0.25, 0.3) is 0 Å². The minimum absolute atomic E-state index is 0.255. The van der Waals surface area contributed by atoms with E-state index in [1.54, 1.807) is 11.0 Å². The molecule has 86 valence electrons. The van der Waals surface area contributed by atoms with Crippen LogP contribution in [0.1, 0.15) is 24.4 Å². The van der Waals surface area contributed by atoms with Crippen LogP contribution in [-0.2, 0) is 20.6 Å². The Bertz CT molecular complexity index is 457. The lowest BCUT2D eigenvalue weighted by Gasteiger charge is -2.10. The van der Waals surface area contributed by atoms with Gasteiger partial charge in [-0.2, -0.15) is 5.10 Å². The molecule has 0 aliphatic heterocycles. The van der Waals surface area contributed by atoms with Gasteiger partial charge < -0.3 is 9.88 Å². The number of aromatic nitrogens is 5. The second-order valence-corrected chi connectivity index (χ2v) is 3.91. The van der Waals surface area contributed by atoms with Crippen molar-refractivity contribution in [2.75, 3.05) is 0 Å². The van der Waals surface area contributed by atoms with E-state index in [1.165, 1.54) is 5.56 Å². The molecule has 0 bridgehead atoms. The van der Waals surface area contributed by atoms with Gasteiger partial charge in [0.05, 0.1) is 12.7 Å². The van der Waals surface area contributed by atoms with Crippen LogP contribution >= 0.6 is 0 Å². The Morgan fingerprint density at radius 3 is 2.81 bits per heavy atom. The molecule has 16 heavy (non-hydrogen) atoms. The largest absolute Gasteiger partial charge is 0.320 e. The zero-order valence-electron chi connectivity index (χ0n) is 9.75. The van der Waals surface area contributed by atoms with E-state index in [1.807, 2.05) is 31.1 Å². The summed E-state index contributed by atoms with van der Waals surface area (Å²) in [5, 5.41) is 15.4. The zero-order valence-corrected chi connectivity index (χ0v) is 9.75. The van der Waals surface area contributed by atoms with Crippen molar-refractivity contribution in [2.45, 2.75) is 19.5 Å². The summed E-state index contributed by atoms with van der Waals surface area (Å²) in [6.45, 7) is 2.81. The lowest BCUT2D eigenvalue weighted by atomic mass is 10.2. The summed E-state index contributed by atoms with van der Waals surface area (Å²) in [6, 6.07) is 0.255. The molecule has 0 spiro atoms. The molecule has 2 aromatic rings. The average molecular weight is 220 g/mol. The van der Waals surface area contributed by atoms with Gasteiger partial charge in [0.1, 0.15) is 12.2 Å². The Kier molecular flexibility index (Phi) is 3.00. The third kappa shape index (κ3) is 2.27. The van der Waals surface area contributed by atoms with Gasteiger partial charge in [0, 0.05) is 31.9 Å². The third-order valence-corrected chi connectivity index (χ3v) is 2.60. The molecule has 1 unspecified atom stereocenters. The minimum Gasteiger partial charge on any atom is -0.320 e. The standard InChI is InChI=1S/C10H16N6/c1-8(9-4-13-16(3)6-9)11-5-10-14-12-7-15(10)2/h4,6-8,11H,5H2,1-3H3. The van der Waals surface area contributed by atoms with Crippen molar-refractivity contribution >= 4 is 0 Å². The summed E-state index contributed by atoms with van der Waals surface area (Å²) in [4.78, 5) is 0. The summed E-state index contributed by atoms with van der Waals surface area (Å²) in [6.07, 6.45) is 5.58. The van der Waals surface area contributed by atoms with Crippen LogP contribution in [0.4, 0.5) is 0 Å². The number of nitrogens with one attached hydrogen (secondary N) is 1. The lowest BCUT2D eigenvalue weighted by molar-refractivity contribution is 0.548. The number of hydrogen-bond acceptors (Lipinski definition) is 4. The van der Waals surface area contributed by atoms with Crippen molar-refractivity contribution in [3.05, 3.63) is 30.1 Å². The van der Waals surface area contributed by atoms with E-state index in [2.05, 4.69) is 27.5 Å². The molecule has 0 aromatic carbocycles. The van der Waals surface area contributed by atoms with E-state index in [9.17, 15) is 0 Å². The second kappa shape index (κ2) is 4.44. The highest BCUT2D eigenvalue weighted by atomic mass is 15.3. The first-order valence-corrected chi connectivity index (χ1v) is 5.21. The van der Waals surface area contributed by atoms with Gasteiger partial charge in [-0.1, -0.05) is 0 Å². The fourth-order valence-electron chi connectivity index (χ4n) is 1.49. The van der Waals surface area contributed by atoms with Crippen LogP contribution in [0, 0.1) is 0 Å². The highest BCUT2D eigenvalue weighted by Crippen LogP contribution is 2.10. The van der Waals surface area contributed by atoms with E-state index in [0.29, 0.717) is 6.54 Å². The van der Waals surface area contributed by atoms with Crippen molar-refractivity contribution in [1.29, 1.82) is 0 Å². The van der Waals surface area contributed by atoms with Crippen molar-refractivity contribution in [3.8, 4) is 0 Å². The van der Waals surface area contributed by atoms with Gasteiger partial charge in [0.2, 0.25) is 0 Å². The van der Waals surface area contributed by atoms with Crippen molar-refractivity contribution < 1.29 is 0 Å². The lowest BCUT2D eigenvalue weighted by Crippen LogP contribution is -2.19. The molecule has 2 rings (SSSR count). The highest BCUT2D eigenvalue weighted by Gasteiger charge is 2.08. The molecule has 2 heterocycles. The Morgan fingerprint density at radius 2 is 2.25 bits per heavy atom. The van der Waals surface area contributed by atoms with E-state index in [0.717, 1.165) is 5.82 Å². The summed E-state index contributed by atoms with van der Waals surface area (Å²) >= 11 is 0. The second-order valence-electron chi connectivity index (χ2n) is 3.91. The van der Waals surface area contributed by atoms with Crippen LogP contribution in [0.15, 0.2) is 18.7 Å². The van der Waals surface area contributed by atoms with E-state index in [4.69, 9.17) is 0 Å². The van der Waals surface area contributed by atoms with Gasteiger partial charge >= 0.3 is 0 Å². The topological polar surface area (TPSA) is 60.6 Å². The fourth-order valence-corrected chi connectivity index (χ4v) is 1.49. The van der Waals surface area contributed by atoms with E-state index < -0.39 is 0 Å². The number of aryl methyl sites for hydroxylation is 2. The van der Waals surface area contributed by atoms with Gasteiger partial charge in [-0.3, -0.25) is 4.68 Å². The monoisotopic (exact) mass is 220 g/mol. The van der Waals surface area contributed by atoms with Gasteiger partial charge in [-0.25, -0.2) is 0 Å². The first kappa shape index (κ1) is 10.8. The number of nitrogens with zero attached hydrogens (tertiary/aromatic N) is 5. The average Bonchev–Trinajstić information content (AvgIpc) is 2.84. The van der Waals surface area contributed by atoms with E-state index >= 15 is 0 Å². The van der Waals surface area contributed by atoms with Crippen LogP contribution in [0.5, 0.6) is 0 Å². The maximum Gasteiger partial charge on any atom is 0.146 e. The normalized spacial score (nSPS) is 12.9. The molecule has 2 aromatic heterocycles. The molecule has 0 amide bonds. The third-order valence-electron chi connectivity index (χ3n) is 2.60. The van der Waals surface area contributed by atoms with Crippen LogP contribution in [0.25, 0.3) is 0 Å². The molecule has 0 aliphatic carbocycles. The zero-order chi connectivity index (χ0) is 11.5. The summed E-state index contributed by atoms with van der Waals surface area (Å²) < 4.78 is 3.71. The Morgan fingerprint density at radius 1 is 1.44 bits per heavy atom. The molecular weight excluding hydrogens is 204 g/mol. The Balaban J connectivity index is 1.93. The summed E-state index contributed by atoms with van der Waals surface area (Å²) in [5.41, 5.74) is 1.17. The first-order valence-electron chi connectivity index (χ1n) is 5.21. The molecular formula is C10H16N6. The molecule has 0 saturated carbocycles. The number of hydrogen-bond donors (Lipinski definition) is 1. The van der Waals surface area contributed by atoms with Gasteiger partial charge in [-0.15, -0.1) is 10.2 Å².